The number of rotatable bonds is 4. The third-order valence-corrected chi connectivity index (χ3v) is 7.64. The molecule has 150 valence electrons. The maximum Gasteiger partial charge on any atom is 0.229 e. The largest absolute Gasteiger partial charge is 0.333 e. The molecule has 0 saturated carbocycles. The second-order valence-electron chi connectivity index (χ2n) is 7.57. The Kier molecular flexibility index (Phi) is 5.05. The summed E-state index contributed by atoms with van der Waals surface area (Å²) in [5.41, 5.74) is 1.76. The topological polar surface area (TPSA) is 66.4 Å². The summed E-state index contributed by atoms with van der Waals surface area (Å²) in [6, 6.07) is 8.19. The number of para-hydroxylation sites is 1. The number of benzene rings is 1. The van der Waals surface area contributed by atoms with Crippen molar-refractivity contribution in [1.29, 1.82) is 0 Å². The van der Waals surface area contributed by atoms with Gasteiger partial charge in [-0.2, -0.15) is 0 Å². The number of anilines is 1. The van der Waals surface area contributed by atoms with Crippen LogP contribution in [-0.4, -0.2) is 39.8 Å². The SMILES string of the molecule is O=C1CCCN1c1nc(CC(=O)N2CCCC[C@@H]2c2nc3ccccc3s2)cs1. The Bertz CT molecular complexity index is 1030. The number of likely N-dealkylation sites (tertiary alicyclic amines) is 1. The van der Waals surface area contributed by atoms with Crippen LogP contribution in [0.1, 0.15) is 48.8 Å². The van der Waals surface area contributed by atoms with Gasteiger partial charge in [-0.3, -0.25) is 14.5 Å². The fraction of sp³-hybridized carbons (Fsp3) is 0.429. The maximum atomic E-state index is 13.1. The van der Waals surface area contributed by atoms with Crippen LogP contribution in [-0.2, 0) is 16.0 Å². The lowest BCUT2D eigenvalue weighted by Gasteiger charge is -2.34. The molecule has 29 heavy (non-hydrogen) atoms. The molecule has 0 bridgehead atoms. The smallest absolute Gasteiger partial charge is 0.229 e. The van der Waals surface area contributed by atoms with E-state index in [4.69, 9.17) is 4.98 Å². The van der Waals surface area contributed by atoms with Crippen LogP contribution >= 0.6 is 22.7 Å². The average Bonchev–Trinajstić information content (AvgIpc) is 3.47. The van der Waals surface area contributed by atoms with Gasteiger partial charge in [0.1, 0.15) is 5.01 Å². The van der Waals surface area contributed by atoms with Gasteiger partial charge in [-0.1, -0.05) is 12.1 Å². The molecule has 0 spiro atoms. The zero-order chi connectivity index (χ0) is 19.8. The second-order valence-corrected chi connectivity index (χ2v) is 9.46. The van der Waals surface area contributed by atoms with E-state index < -0.39 is 0 Å². The molecule has 5 rings (SSSR count). The third-order valence-electron chi connectivity index (χ3n) is 5.59. The number of aromatic nitrogens is 2. The molecule has 2 amide bonds. The Morgan fingerprint density at radius 3 is 2.86 bits per heavy atom. The highest BCUT2D eigenvalue weighted by Gasteiger charge is 2.31. The van der Waals surface area contributed by atoms with Crippen LogP contribution in [0.4, 0.5) is 5.13 Å². The van der Waals surface area contributed by atoms with Gasteiger partial charge in [0.25, 0.3) is 0 Å². The Morgan fingerprint density at radius 1 is 1.14 bits per heavy atom. The predicted octanol–water partition coefficient (Wildman–Crippen LogP) is 4.18. The summed E-state index contributed by atoms with van der Waals surface area (Å²) in [6.45, 7) is 1.49. The van der Waals surface area contributed by atoms with E-state index in [1.165, 1.54) is 16.0 Å². The number of hydrogen-bond acceptors (Lipinski definition) is 6. The highest BCUT2D eigenvalue weighted by Crippen LogP contribution is 2.36. The molecule has 2 aliphatic rings. The lowest BCUT2D eigenvalue weighted by molar-refractivity contribution is -0.134. The first kappa shape index (κ1) is 18.7. The average molecular weight is 427 g/mol. The summed E-state index contributed by atoms with van der Waals surface area (Å²) in [6.07, 6.45) is 4.84. The summed E-state index contributed by atoms with van der Waals surface area (Å²) in [5.74, 6) is 0.225. The minimum Gasteiger partial charge on any atom is -0.333 e. The lowest BCUT2D eigenvalue weighted by Crippen LogP contribution is -2.39. The number of thiazole rings is 2. The first-order valence-electron chi connectivity index (χ1n) is 10.1. The number of carbonyl (C=O) groups excluding carboxylic acids is 2. The molecule has 2 fully saturated rings. The second kappa shape index (κ2) is 7.84. The quantitative estimate of drug-likeness (QED) is 0.628. The molecule has 6 nitrogen and oxygen atoms in total. The van der Waals surface area contributed by atoms with Crippen molar-refractivity contribution in [1.82, 2.24) is 14.9 Å². The molecule has 8 heteroatoms. The molecule has 2 aliphatic heterocycles. The molecule has 0 aliphatic carbocycles. The summed E-state index contributed by atoms with van der Waals surface area (Å²) >= 11 is 3.14. The fourth-order valence-electron chi connectivity index (χ4n) is 4.13. The van der Waals surface area contributed by atoms with Gasteiger partial charge in [0, 0.05) is 24.9 Å². The molecule has 2 saturated heterocycles. The van der Waals surface area contributed by atoms with E-state index in [2.05, 4.69) is 11.1 Å². The molecular weight excluding hydrogens is 404 g/mol. The number of carbonyl (C=O) groups is 2. The van der Waals surface area contributed by atoms with Crippen LogP contribution in [0.5, 0.6) is 0 Å². The Hall–Kier alpha value is -2.32. The van der Waals surface area contributed by atoms with Crippen molar-refractivity contribution >= 4 is 49.8 Å². The van der Waals surface area contributed by atoms with E-state index >= 15 is 0 Å². The van der Waals surface area contributed by atoms with Gasteiger partial charge in [0.15, 0.2) is 5.13 Å². The highest BCUT2D eigenvalue weighted by molar-refractivity contribution is 7.18. The van der Waals surface area contributed by atoms with Gasteiger partial charge in [-0.25, -0.2) is 9.97 Å². The van der Waals surface area contributed by atoms with Gasteiger partial charge < -0.3 is 4.90 Å². The molecule has 1 aromatic carbocycles. The van der Waals surface area contributed by atoms with Crippen LogP contribution in [0.3, 0.4) is 0 Å². The van der Waals surface area contributed by atoms with E-state index in [0.717, 1.165) is 60.1 Å². The number of hydrogen-bond donors (Lipinski definition) is 0. The molecule has 3 aromatic rings. The van der Waals surface area contributed by atoms with E-state index in [9.17, 15) is 9.59 Å². The van der Waals surface area contributed by atoms with Crippen molar-refractivity contribution in [3.63, 3.8) is 0 Å². The summed E-state index contributed by atoms with van der Waals surface area (Å²) in [7, 11) is 0. The number of nitrogens with zero attached hydrogens (tertiary/aromatic N) is 4. The zero-order valence-corrected chi connectivity index (χ0v) is 17.7. The predicted molar refractivity (Wildman–Crippen MR) is 115 cm³/mol. The minimum atomic E-state index is 0.0481. The van der Waals surface area contributed by atoms with Gasteiger partial charge in [0.05, 0.1) is 28.4 Å². The van der Waals surface area contributed by atoms with Crippen molar-refractivity contribution in [2.75, 3.05) is 18.0 Å². The molecule has 0 unspecified atom stereocenters. The van der Waals surface area contributed by atoms with E-state index in [1.807, 2.05) is 28.5 Å². The van der Waals surface area contributed by atoms with Crippen molar-refractivity contribution < 1.29 is 9.59 Å². The first-order chi connectivity index (χ1) is 14.2. The normalized spacial score (nSPS) is 20.0. The van der Waals surface area contributed by atoms with Crippen LogP contribution in [0, 0.1) is 0 Å². The molecule has 0 N–H and O–H groups in total. The van der Waals surface area contributed by atoms with Gasteiger partial charge in [-0.15, -0.1) is 22.7 Å². The Labute approximate surface area is 177 Å². The molecule has 4 heterocycles. The van der Waals surface area contributed by atoms with E-state index in [1.54, 1.807) is 16.2 Å². The molecular formula is C21H22N4O2S2. The number of amides is 2. The number of fused-ring (bicyclic) bond motifs is 1. The molecule has 0 radical (unpaired) electrons. The summed E-state index contributed by atoms with van der Waals surface area (Å²) in [5, 5.41) is 3.66. The van der Waals surface area contributed by atoms with Crippen LogP contribution in [0.2, 0.25) is 0 Å². The zero-order valence-electron chi connectivity index (χ0n) is 16.0. The first-order valence-corrected chi connectivity index (χ1v) is 11.8. The minimum absolute atomic E-state index is 0.0481. The third kappa shape index (κ3) is 3.67. The van der Waals surface area contributed by atoms with Gasteiger partial charge in [-0.05, 0) is 37.8 Å². The van der Waals surface area contributed by atoms with Crippen molar-refractivity contribution in [3.05, 3.63) is 40.3 Å². The fourth-order valence-corrected chi connectivity index (χ4v) is 6.11. The Morgan fingerprint density at radius 2 is 2.03 bits per heavy atom. The van der Waals surface area contributed by atoms with Crippen molar-refractivity contribution in [2.24, 2.45) is 0 Å². The van der Waals surface area contributed by atoms with Crippen LogP contribution in [0.25, 0.3) is 10.2 Å². The van der Waals surface area contributed by atoms with Gasteiger partial charge >= 0.3 is 0 Å². The lowest BCUT2D eigenvalue weighted by atomic mass is 10.0. The van der Waals surface area contributed by atoms with Crippen LogP contribution in [0.15, 0.2) is 29.6 Å². The molecule has 1 atom stereocenters. The standard InChI is InChI=1S/C21H22N4O2S2/c26-18-9-5-11-25(18)21-22-14(13-28-21)12-19(27)24-10-4-3-7-16(24)20-23-15-6-1-2-8-17(15)29-20/h1-2,6,8,13,16H,3-5,7,9-12H2/t16-/m1/s1. The Balaban J connectivity index is 1.33. The molecule has 2 aromatic heterocycles. The van der Waals surface area contributed by atoms with Crippen LogP contribution < -0.4 is 4.90 Å². The highest BCUT2D eigenvalue weighted by atomic mass is 32.1. The summed E-state index contributed by atoms with van der Waals surface area (Å²) in [4.78, 5) is 38.2. The van der Waals surface area contributed by atoms with Crippen molar-refractivity contribution in [2.45, 2.75) is 44.6 Å². The number of piperidine rings is 1. The van der Waals surface area contributed by atoms with Crippen molar-refractivity contribution in [3.8, 4) is 0 Å². The monoisotopic (exact) mass is 426 g/mol. The van der Waals surface area contributed by atoms with E-state index in [0.29, 0.717) is 6.42 Å². The van der Waals surface area contributed by atoms with Gasteiger partial charge in [0.2, 0.25) is 11.8 Å². The maximum absolute atomic E-state index is 13.1. The summed E-state index contributed by atoms with van der Waals surface area (Å²) < 4.78 is 1.17. The van der Waals surface area contributed by atoms with E-state index in [-0.39, 0.29) is 24.3 Å².